The zero-order valence-electron chi connectivity index (χ0n) is 13.8. The van der Waals surface area contributed by atoms with E-state index >= 15 is 0 Å². The number of sulfonamides is 1. The van der Waals surface area contributed by atoms with E-state index in [9.17, 15) is 8.42 Å². The molecule has 23 heavy (non-hydrogen) atoms. The Labute approximate surface area is 147 Å². The van der Waals surface area contributed by atoms with Gasteiger partial charge in [-0.15, -0.1) is 0 Å². The van der Waals surface area contributed by atoms with Crippen LogP contribution >= 0.6 is 15.9 Å². The number of hydrogen-bond acceptors (Lipinski definition) is 3. The molecule has 8 heteroatoms. The van der Waals surface area contributed by atoms with Crippen LogP contribution in [0.2, 0.25) is 0 Å². The summed E-state index contributed by atoms with van der Waals surface area (Å²) in [7, 11) is -1.20. The molecule has 6 nitrogen and oxygen atoms in total. The van der Waals surface area contributed by atoms with Crippen LogP contribution in [0, 0.1) is 0 Å². The highest BCUT2D eigenvalue weighted by atomic mass is 79.9. The fourth-order valence-electron chi connectivity index (χ4n) is 1.87. The molecule has 1 aromatic rings. The van der Waals surface area contributed by atoms with Gasteiger partial charge in [-0.1, -0.05) is 28.1 Å². The second-order valence-electron chi connectivity index (χ2n) is 5.02. The molecule has 0 saturated carbocycles. The molecule has 0 heterocycles. The molecule has 0 fully saturated rings. The van der Waals surface area contributed by atoms with E-state index in [2.05, 4.69) is 43.1 Å². The Morgan fingerprint density at radius 3 is 2.48 bits per heavy atom. The Balaban J connectivity index is 2.61. The summed E-state index contributed by atoms with van der Waals surface area (Å²) in [6.07, 6.45) is 0. The molecule has 0 amide bonds. The lowest BCUT2D eigenvalue weighted by molar-refractivity contribution is 0.477. The second kappa shape index (κ2) is 9.89. The lowest BCUT2D eigenvalue weighted by Crippen LogP contribution is -2.39. The molecule has 0 unspecified atom stereocenters. The number of halogens is 1. The van der Waals surface area contributed by atoms with Crippen LogP contribution in [-0.2, 0) is 16.6 Å². The van der Waals surface area contributed by atoms with Gasteiger partial charge < -0.3 is 10.2 Å². The van der Waals surface area contributed by atoms with E-state index in [1.807, 2.05) is 31.0 Å². The van der Waals surface area contributed by atoms with Gasteiger partial charge in [-0.25, -0.2) is 13.1 Å². The van der Waals surface area contributed by atoms with Crippen LogP contribution in [0.3, 0.4) is 0 Å². The van der Waals surface area contributed by atoms with Gasteiger partial charge >= 0.3 is 0 Å². The lowest BCUT2D eigenvalue weighted by atomic mass is 10.2. The first kappa shape index (κ1) is 19.9. The van der Waals surface area contributed by atoms with E-state index in [1.165, 1.54) is 5.56 Å². The number of aliphatic imine (C=N–C) groups is 1. The molecule has 130 valence electrons. The molecule has 0 aliphatic heterocycles. The van der Waals surface area contributed by atoms with E-state index in [0.29, 0.717) is 13.1 Å². The van der Waals surface area contributed by atoms with Crippen molar-refractivity contribution < 1.29 is 8.42 Å². The second-order valence-corrected chi connectivity index (χ2v) is 8.03. The van der Waals surface area contributed by atoms with Gasteiger partial charge in [0, 0.05) is 31.2 Å². The van der Waals surface area contributed by atoms with Crippen molar-refractivity contribution in [3.8, 4) is 0 Å². The maximum atomic E-state index is 11.4. The molecule has 0 radical (unpaired) electrons. The SMILES string of the molecule is CCNC(=NCCNS(=O)(=O)CC)N(C)Cc1ccc(Br)cc1. The monoisotopic (exact) mass is 404 g/mol. The highest BCUT2D eigenvalue weighted by Gasteiger charge is 2.08. The van der Waals surface area contributed by atoms with Crippen molar-refractivity contribution in [2.45, 2.75) is 20.4 Å². The quantitative estimate of drug-likeness (QED) is 0.393. The van der Waals surface area contributed by atoms with Gasteiger partial charge in [0.15, 0.2) is 5.96 Å². The maximum Gasteiger partial charge on any atom is 0.211 e. The summed E-state index contributed by atoms with van der Waals surface area (Å²) in [6, 6.07) is 8.12. The highest BCUT2D eigenvalue weighted by molar-refractivity contribution is 9.10. The van der Waals surface area contributed by atoms with Crippen molar-refractivity contribution in [1.29, 1.82) is 0 Å². The molecule has 1 aromatic carbocycles. The van der Waals surface area contributed by atoms with Crippen LogP contribution < -0.4 is 10.0 Å². The summed E-state index contributed by atoms with van der Waals surface area (Å²) >= 11 is 3.42. The molecule has 2 N–H and O–H groups in total. The van der Waals surface area contributed by atoms with Gasteiger partial charge in [0.2, 0.25) is 10.0 Å². The smallest absolute Gasteiger partial charge is 0.211 e. The molecular formula is C15H25BrN4O2S. The molecule has 1 rings (SSSR count). The first-order chi connectivity index (χ1) is 10.9. The van der Waals surface area contributed by atoms with Gasteiger partial charge in [-0.05, 0) is 31.5 Å². The van der Waals surface area contributed by atoms with Crippen molar-refractivity contribution in [3.05, 3.63) is 34.3 Å². The predicted molar refractivity (Wildman–Crippen MR) is 99.1 cm³/mol. The van der Waals surface area contributed by atoms with Crippen molar-refractivity contribution in [2.24, 2.45) is 4.99 Å². The maximum absolute atomic E-state index is 11.4. The number of guanidine groups is 1. The topological polar surface area (TPSA) is 73.8 Å². The summed E-state index contributed by atoms with van der Waals surface area (Å²) in [5.41, 5.74) is 1.17. The molecule has 0 bridgehead atoms. The van der Waals surface area contributed by atoms with Crippen molar-refractivity contribution in [2.75, 3.05) is 32.4 Å². The summed E-state index contributed by atoms with van der Waals surface area (Å²) in [5.74, 6) is 0.839. The molecule has 0 aliphatic carbocycles. The van der Waals surface area contributed by atoms with Crippen LogP contribution in [-0.4, -0.2) is 51.7 Å². The largest absolute Gasteiger partial charge is 0.357 e. The Hall–Kier alpha value is -1.12. The minimum absolute atomic E-state index is 0.0836. The molecule has 0 aromatic heterocycles. The average Bonchev–Trinajstić information content (AvgIpc) is 2.52. The Kier molecular flexibility index (Phi) is 8.57. The standard InChI is InChI=1S/C15H25BrN4O2S/c1-4-17-15(18-10-11-19-23(21,22)5-2)20(3)12-13-6-8-14(16)9-7-13/h6-9,19H,4-5,10-12H2,1-3H3,(H,17,18). The minimum atomic E-state index is -3.16. The third-order valence-electron chi connectivity index (χ3n) is 3.10. The van der Waals surface area contributed by atoms with Gasteiger partial charge in [0.1, 0.15) is 0 Å². The predicted octanol–water partition coefficient (Wildman–Crippen LogP) is 1.79. The van der Waals surface area contributed by atoms with E-state index in [0.717, 1.165) is 23.5 Å². The van der Waals surface area contributed by atoms with E-state index in [4.69, 9.17) is 0 Å². The first-order valence-corrected chi connectivity index (χ1v) is 10.0. The third kappa shape index (κ3) is 7.81. The van der Waals surface area contributed by atoms with Gasteiger partial charge in [0.05, 0.1) is 12.3 Å². The van der Waals surface area contributed by atoms with Crippen LogP contribution in [0.25, 0.3) is 0 Å². The molecule has 0 aliphatic rings. The molecule has 0 spiro atoms. The number of benzene rings is 1. The third-order valence-corrected chi connectivity index (χ3v) is 5.04. The first-order valence-electron chi connectivity index (χ1n) is 7.59. The highest BCUT2D eigenvalue weighted by Crippen LogP contribution is 2.11. The summed E-state index contributed by atoms with van der Waals surface area (Å²) in [5, 5.41) is 3.22. The summed E-state index contributed by atoms with van der Waals surface area (Å²) < 4.78 is 26.3. The fourth-order valence-corrected chi connectivity index (χ4v) is 2.74. The Morgan fingerprint density at radius 1 is 1.26 bits per heavy atom. The summed E-state index contributed by atoms with van der Waals surface area (Å²) in [6.45, 7) is 5.79. The number of nitrogens with zero attached hydrogens (tertiary/aromatic N) is 2. The molecule has 0 saturated heterocycles. The minimum Gasteiger partial charge on any atom is -0.357 e. The average molecular weight is 405 g/mol. The van der Waals surface area contributed by atoms with Crippen LogP contribution in [0.5, 0.6) is 0 Å². The fraction of sp³-hybridized carbons (Fsp3) is 0.533. The van der Waals surface area contributed by atoms with Gasteiger partial charge in [-0.3, -0.25) is 4.99 Å². The van der Waals surface area contributed by atoms with Crippen molar-refractivity contribution >= 4 is 31.9 Å². The van der Waals surface area contributed by atoms with Crippen molar-refractivity contribution in [1.82, 2.24) is 14.9 Å². The normalized spacial score (nSPS) is 12.3. The number of hydrogen-bond donors (Lipinski definition) is 2. The Bertz CT molecular complexity index is 602. The van der Waals surface area contributed by atoms with Gasteiger partial charge in [0.25, 0.3) is 0 Å². The molecular weight excluding hydrogens is 380 g/mol. The van der Waals surface area contributed by atoms with Crippen LogP contribution in [0.4, 0.5) is 0 Å². The lowest BCUT2D eigenvalue weighted by Gasteiger charge is -2.22. The van der Waals surface area contributed by atoms with Crippen molar-refractivity contribution in [3.63, 3.8) is 0 Å². The van der Waals surface area contributed by atoms with E-state index in [1.54, 1.807) is 6.92 Å². The number of rotatable bonds is 8. The van der Waals surface area contributed by atoms with E-state index in [-0.39, 0.29) is 5.75 Å². The molecule has 0 atom stereocenters. The number of nitrogens with one attached hydrogen (secondary N) is 2. The van der Waals surface area contributed by atoms with Crippen LogP contribution in [0.15, 0.2) is 33.7 Å². The zero-order chi connectivity index (χ0) is 17.3. The van der Waals surface area contributed by atoms with Gasteiger partial charge in [-0.2, -0.15) is 0 Å². The van der Waals surface area contributed by atoms with Crippen LogP contribution in [0.1, 0.15) is 19.4 Å². The summed E-state index contributed by atoms with van der Waals surface area (Å²) in [4.78, 5) is 6.47. The zero-order valence-corrected chi connectivity index (χ0v) is 16.2. The van der Waals surface area contributed by atoms with E-state index < -0.39 is 10.0 Å². The Morgan fingerprint density at radius 2 is 1.91 bits per heavy atom.